The Labute approximate surface area is 155 Å². The van der Waals surface area contributed by atoms with Crippen molar-refractivity contribution < 1.29 is 9.18 Å². The van der Waals surface area contributed by atoms with Gasteiger partial charge in [-0.1, -0.05) is 35.9 Å². The van der Waals surface area contributed by atoms with Gasteiger partial charge in [0.1, 0.15) is 17.3 Å². The number of para-hydroxylation sites is 1. The Morgan fingerprint density at radius 1 is 1.08 bits per heavy atom. The molecule has 3 rings (SSSR count). The van der Waals surface area contributed by atoms with Crippen molar-refractivity contribution in [2.24, 2.45) is 0 Å². The molecule has 0 saturated heterocycles. The number of hydrogen-bond donors (Lipinski definition) is 2. The Hall–Kier alpha value is -2.99. The first-order valence-corrected chi connectivity index (χ1v) is 8.36. The van der Waals surface area contributed by atoms with Gasteiger partial charge in [0.15, 0.2) is 0 Å². The van der Waals surface area contributed by atoms with Crippen LogP contribution in [0.1, 0.15) is 16.1 Å². The van der Waals surface area contributed by atoms with Gasteiger partial charge in [0.05, 0.1) is 18.1 Å². The largest absolute Gasteiger partial charge is 0.350 e. The molecule has 0 bridgehead atoms. The summed E-state index contributed by atoms with van der Waals surface area (Å²) in [5, 5.41) is 6.26. The zero-order valence-corrected chi connectivity index (χ0v) is 14.5. The average molecular weight is 371 g/mol. The van der Waals surface area contributed by atoms with E-state index in [0.29, 0.717) is 29.5 Å². The number of hydrogen-bond acceptors (Lipinski definition) is 4. The van der Waals surface area contributed by atoms with Crippen molar-refractivity contribution in [3.8, 4) is 0 Å². The number of rotatable bonds is 6. The van der Waals surface area contributed by atoms with E-state index < -0.39 is 5.82 Å². The minimum absolute atomic E-state index is 0.190. The van der Waals surface area contributed by atoms with Crippen LogP contribution < -0.4 is 10.6 Å². The zero-order chi connectivity index (χ0) is 18.4. The van der Waals surface area contributed by atoms with Gasteiger partial charge < -0.3 is 10.6 Å². The molecule has 2 aromatic carbocycles. The minimum Gasteiger partial charge on any atom is -0.350 e. The first-order valence-electron chi connectivity index (χ1n) is 7.98. The van der Waals surface area contributed by atoms with Crippen molar-refractivity contribution in [3.63, 3.8) is 0 Å². The highest BCUT2D eigenvalue weighted by Crippen LogP contribution is 2.17. The number of halogens is 2. The highest BCUT2D eigenvalue weighted by atomic mass is 35.5. The zero-order valence-electron chi connectivity index (χ0n) is 13.7. The summed E-state index contributed by atoms with van der Waals surface area (Å²) in [4.78, 5) is 20.3. The van der Waals surface area contributed by atoms with Gasteiger partial charge in [-0.05, 0) is 36.2 Å². The molecule has 0 unspecified atom stereocenters. The third-order valence-electron chi connectivity index (χ3n) is 3.61. The van der Waals surface area contributed by atoms with Crippen LogP contribution in [0.25, 0.3) is 0 Å². The van der Waals surface area contributed by atoms with Gasteiger partial charge in [-0.2, -0.15) is 0 Å². The number of carbonyl (C=O) groups excluding carboxylic acids is 1. The Balaban J connectivity index is 1.54. The van der Waals surface area contributed by atoms with E-state index in [-0.39, 0.29) is 11.6 Å². The van der Waals surface area contributed by atoms with Crippen LogP contribution in [0.3, 0.4) is 0 Å². The first kappa shape index (κ1) is 17.8. The van der Waals surface area contributed by atoms with Gasteiger partial charge in [0, 0.05) is 11.6 Å². The van der Waals surface area contributed by atoms with E-state index >= 15 is 0 Å². The molecule has 2 N–H and O–H groups in total. The molecule has 0 atom stereocenters. The SMILES string of the molecule is O=C(NCCc1cccc(Cl)c1)c1cnc(Nc2ccccc2F)cn1. The molecular formula is C19H16ClFN4O. The lowest BCUT2D eigenvalue weighted by Gasteiger charge is -2.07. The number of benzene rings is 2. The molecule has 3 aromatic rings. The molecule has 7 heteroatoms. The third-order valence-corrected chi connectivity index (χ3v) is 3.84. The van der Waals surface area contributed by atoms with Crippen LogP contribution in [0.2, 0.25) is 5.02 Å². The van der Waals surface area contributed by atoms with Gasteiger partial charge >= 0.3 is 0 Å². The van der Waals surface area contributed by atoms with Gasteiger partial charge in [0.25, 0.3) is 5.91 Å². The maximum atomic E-state index is 13.6. The van der Waals surface area contributed by atoms with Crippen molar-refractivity contribution in [2.75, 3.05) is 11.9 Å². The number of aromatic nitrogens is 2. The fourth-order valence-electron chi connectivity index (χ4n) is 2.31. The average Bonchev–Trinajstić information content (AvgIpc) is 2.64. The third kappa shape index (κ3) is 4.77. The summed E-state index contributed by atoms with van der Waals surface area (Å²) >= 11 is 5.93. The molecule has 1 aromatic heterocycles. The van der Waals surface area contributed by atoms with Crippen LogP contribution in [-0.2, 0) is 6.42 Å². The standard InChI is InChI=1S/C19H16ClFN4O/c20-14-5-3-4-13(10-14)8-9-22-19(26)17-11-24-18(12-23-17)25-16-7-2-1-6-15(16)21/h1-7,10-12H,8-9H2,(H,22,26)(H,24,25). The van der Waals surface area contributed by atoms with E-state index in [2.05, 4.69) is 20.6 Å². The number of amides is 1. The second-order valence-electron chi connectivity index (χ2n) is 5.53. The van der Waals surface area contributed by atoms with Gasteiger partial charge in [-0.15, -0.1) is 0 Å². The van der Waals surface area contributed by atoms with Gasteiger partial charge in [-0.3, -0.25) is 4.79 Å². The fourth-order valence-corrected chi connectivity index (χ4v) is 2.53. The minimum atomic E-state index is -0.392. The van der Waals surface area contributed by atoms with Crippen LogP contribution >= 0.6 is 11.6 Å². The predicted molar refractivity (Wildman–Crippen MR) is 99.2 cm³/mol. The van der Waals surface area contributed by atoms with Gasteiger partial charge in [0.2, 0.25) is 0 Å². The predicted octanol–water partition coefficient (Wildman–Crippen LogP) is 3.99. The summed E-state index contributed by atoms with van der Waals surface area (Å²) in [6, 6.07) is 13.7. The fraction of sp³-hybridized carbons (Fsp3) is 0.105. The Morgan fingerprint density at radius 3 is 2.65 bits per heavy atom. The molecule has 0 fully saturated rings. The summed E-state index contributed by atoms with van der Waals surface area (Å²) in [6.45, 7) is 0.454. The summed E-state index contributed by atoms with van der Waals surface area (Å²) in [5.41, 5.74) is 1.52. The van der Waals surface area contributed by atoms with Crippen LogP contribution in [0.15, 0.2) is 60.9 Å². The maximum absolute atomic E-state index is 13.6. The lowest BCUT2D eigenvalue weighted by atomic mass is 10.1. The number of carbonyl (C=O) groups is 1. The van der Waals surface area contributed by atoms with E-state index in [9.17, 15) is 9.18 Å². The normalized spacial score (nSPS) is 10.4. The van der Waals surface area contributed by atoms with E-state index in [1.165, 1.54) is 18.5 Å². The number of nitrogens with zero attached hydrogens (tertiary/aromatic N) is 2. The van der Waals surface area contributed by atoms with Crippen molar-refractivity contribution in [1.82, 2.24) is 15.3 Å². The maximum Gasteiger partial charge on any atom is 0.271 e. The number of nitrogens with one attached hydrogen (secondary N) is 2. The lowest BCUT2D eigenvalue weighted by Crippen LogP contribution is -2.26. The van der Waals surface area contributed by atoms with Crippen LogP contribution in [-0.4, -0.2) is 22.4 Å². The van der Waals surface area contributed by atoms with Gasteiger partial charge in [-0.25, -0.2) is 14.4 Å². The van der Waals surface area contributed by atoms with Crippen LogP contribution in [0.5, 0.6) is 0 Å². The summed E-state index contributed by atoms with van der Waals surface area (Å²) < 4.78 is 13.6. The molecule has 26 heavy (non-hydrogen) atoms. The Morgan fingerprint density at radius 2 is 1.92 bits per heavy atom. The van der Waals surface area contributed by atoms with E-state index in [1.54, 1.807) is 24.3 Å². The smallest absolute Gasteiger partial charge is 0.271 e. The Bertz CT molecular complexity index is 902. The molecule has 0 aliphatic heterocycles. The summed E-state index contributed by atoms with van der Waals surface area (Å²) in [7, 11) is 0. The highest BCUT2D eigenvalue weighted by Gasteiger charge is 2.08. The molecule has 1 heterocycles. The lowest BCUT2D eigenvalue weighted by molar-refractivity contribution is 0.0949. The molecule has 0 saturated carbocycles. The van der Waals surface area contributed by atoms with E-state index in [4.69, 9.17) is 11.6 Å². The van der Waals surface area contributed by atoms with E-state index in [0.717, 1.165) is 5.56 Å². The molecule has 5 nitrogen and oxygen atoms in total. The van der Waals surface area contributed by atoms with Crippen molar-refractivity contribution in [3.05, 3.63) is 83.0 Å². The molecule has 1 amide bonds. The molecule has 0 aliphatic carbocycles. The molecular weight excluding hydrogens is 355 g/mol. The van der Waals surface area contributed by atoms with Crippen LogP contribution in [0.4, 0.5) is 15.9 Å². The Kier molecular flexibility index (Phi) is 5.76. The quantitative estimate of drug-likeness (QED) is 0.688. The van der Waals surface area contributed by atoms with Crippen molar-refractivity contribution in [2.45, 2.75) is 6.42 Å². The topological polar surface area (TPSA) is 66.9 Å². The molecule has 0 aliphatic rings. The summed E-state index contributed by atoms with van der Waals surface area (Å²) in [5.74, 6) is -0.361. The molecule has 0 spiro atoms. The van der Waals surface area contributed by atoms with Crippen molar-refractivity contribution >= 4 is 29.0 Å². The van der Waals surface area contributed by atoms with E-state index in [1.807, 2.05) is 18.2 Å². The second kappa shape index (κ2) is 8.40. The highest BCUT2D eigenvalue weighted by molar-refractivity contribution is 6.30. The molecule has 0 radical (unpaired) electrons. The van der Waals surface area contributed by atoms with Crippen molar-refractivity contribution in [1.29, 1.82) is 0 Å². The second-order valence-corrected chi connectivity index (χ2v) is 5.96. The monoisotopic (exact) mass is 370 g/mol. The molecule has 132 valence electrons. The summed E-state index contributed by atoms with van der Waals surface area (Å²) in [6.07, 6.45) is 3.39. The van der Waals surface area contributed by atoms with Crippen LogP contribution in [0, 0.1) is 5.82 Å². The first-order chi connectivity index (χ1) is 12.6. The number of anilines is 2.